The second kappa shape index (κ2) is 8.91. The van der Waals surface area contributed by atoms with Gasteiger partial charge in [-0.1, -0.05) is 6.07 Å². The van der Waals surface area contributed by atoms with Crippen LogP contribution in [0.15, 0.2) is 70.5 Å². The van der Waals surface area contributed by atoms with Gasteiger partial charge in [-0.3, -0.25) is 4.79 Å². The van der Waals surface area contributed by atoms with E-state index in [-0.39, 0.29) is 26.4 Å². The van der Waals surface area contributed by atoms with Crippen LogP contribution in [0.5, 0.6) is 11.5 Å². The Labute approximate surface area is 200 Å². The molecule has 3 aromatic rings. The molecule has 9 nitrogen and oxygen atoms in total. The van der Waals surface area contributed by atoms with Crippen molar-refractivity contribution < 1.29 is 39.9 Å². The summed E-state index contributed by atoms with van der Waals surface area (Å²) in [5.41, 5.74) is 0.196. The highest BCUT2D eigenvalue weighted by Crippen LogP contribution is 2.40. The van der Waals surface area contributed by atoms with Gasteiger partial charge in [-0.15, -0.1) is 0 Å². The Kier molecular flexibility index (Phi) is 6.25. The zero-order valence-corrected chi connectivity index (χ0v) is 19.9. The Hall–Kier alpha value is -3.55. The van der Waals surface area contributed by atoms with Crippen LogP contribution in [-0.4, -0.2) is 45.8 Å². The molecule has 1 heterocycles. The van der Waals surface area contributed by atoms with Crippen LogP contribution < -0.4 is 9.47 Å². The highest BCUT2D eigenvalue weighted by molar-refractivity contribution is 8.04. The van der Waals surface area contributed by atoms with Crippen LogP contribution in [0.3, 0.4) is 0 Å². The lowest BCUT2D eigenvalue weighted by atomic mass is 10.1. The summed E-state index contributed by atoms with van der Waals surface area (Å²) in [7, 11) is -7.36. The van der Waals surface area contributed by atoms with E-state index in [1.807, 2.05) is 0 Å². The molecule has 0 radical (unpaired) electrons. The zero-order valence-electron chi connectivity index (χ0n) is 18.3. The molecule has 35 heavy (non-hydrogen) atoms. The number of fused-ring (bicyclic) bond motifs is 1. The molecule has 4 rings (SSSR count). The van der Waals surface area contributed by atoms with Gasteiger partial charge < -0.3 is 9.47 Å². The highest BCUT2D eigenvalue weighted by atomic mass is 32.3. The van der Waals surface area contributed by atoms with Crippen LogP contribution in [0.1, 0.15) is 15.9 Å². The number of hydrogen-bond acceptors (Lipinski definition) is 7. The molecule has 0 aromatic heterocycles. The van der Waals surface area contributed by atoms with E-state index in [0.717, 1.165) is 48.5 Å². The van der Waals surface area contributed by atoms with E-state index in [9.17, 15) is 30.4 Å². The number of rotatable bonds is 7. The molecule has 0 saturated heterocycles. The van der Waals surface area contributed by atoms with Crippen molar-refractivity contribution in [1.82, 2.24) is 8.83 Å². The molecule has 0 atom stereocenters. The van der Waals surface area contributed by atoms with Gasteiger partial charge in [0.1, 0.15) is 11.6 Å². The molecular weight excluding hydrogens is 506 g/mol. The smallest absolute Gasteiger partial charge is 0.274 e. The summed E-state index contributed by atoms with van der Waals surface area (Å²) in [5.74, 6) is -2.32. The van der Waals surface area contributed by atoms with Gasteiger partial charge in [0.05, 0.1) is 36.1 Å². The van der Waals surface area contributed by atoms with E-state index >= 15 is 0 Å². The predicted octanol–water partition coefficient (Wildman–Crippen LogP) is 2.93. The first kappa shape index (κ1) is 24.6. The maximum absolute atomic E-state index is 13.6. The highest BCUT2D eigenvalue weighted by Gasteiger charge is 2.48. The van der Waals surface area contributed by atoms with Crippen LogP contribution in [0, 0.1) is 11.6 Å². The molecule has 0 aliphatic carbocycles. The number of hydrazine groups is 1. The predicted molar refractivity (Wildman–Crippen MR) is 118 cm³/mol. The molecular formula is C22H18F2N2O7S2. The van der Waals surface area contributed by atoms with Crippen LogP contribution in [0.4, 0.5) is 8.78 Å². The molecule has 1 amide bonds. The van der Waals surface area contributed by atoms with Gasteiger partial charge in [-0.2, -0.15) is 0 Å². The fourth-order valence-corrected chi connectivity index (χ4v) is 7.26. The van der Waals surface area contributed by atoms with E-state index in [0.29, 0.717) is 5.01 Å². The Bertz CT molecular complexity index is 1430. The SMILES string of the molecule is COc1ccc2c(c1OC)C(=O)N(N(S(=O)(=O)c1ccc(F)cc1)S(=O)(=O)c1ccc(F)cc1)C2. The molecule has 184 valence electrons. The molecule has 1 aliphatic rings. The number of carbonyl (C=O) groups is 1. The number of amides is 1. The van der Waals surface area contributed by atoms with Crippen LogP contribution in [0.25, 0.3) is 0 Å². The Morgan fingerprint density at radius 1 is 0.771 bits per heavy atom. The lowest BCUT2D eigenvalue weighted by Crippen LogP contribution is -2.49. The first-order valence-electron chi connectivity index (χ1n) is 9.89. The minimum absolute atomic E-state index is 0.00388. The standard InChI is InChI=1S/C22H18F2N2O7S2/c1-32-19-12-3-14-13-25(22(27)20(14)21(19)33-2)26(34(28,29)17-8-4-15(23)5-9-17)35(30,31)18-10-6-16(24)7-11-18/h3-12H,13H2,1-2H3. The molecule has 3 aromatic carbocycles. The first-order valence-corrected chi connectivity index (χ1v) is 12.8. The van der Waals surface area contributed by atoms with Gasteiger partial charge in [-0.05, 0) is 60.2 Å². The summed E-state index contributed by atoms with van der Waals surface area (Å²) >= 11 is 0. The molecule has 0 spiro atoms. The van der Waals surface area contributed by atoms with Crippen molar-refractivity contribution in [2.45, 2.75) is 16.3 Å². The van der Waals surface area contributed by atoms with Crippen molar-refractivity contribution >= 4 is 26.0 Å². The van der Waals surface area contributed by atoms with Crippen LogP contribution in [-0.2, 0) is 26.6 Å². The van der Waals surface area contributed by atoms with E-state index in [1.54, 1.807) is 0 Å². The van der Waals surface area contributed by atoms with E-state index in [4.69, 9.17) is 9.47 Å². The van der Waals surface area contributed by atoms with E-state index < -0.39 is 53.9 Å². The second-order valence-corrected chi connectivity index (χ2v) is 11.1. The normalized spacial score (nSPS) is 13.7. The third-order valence-electron chi connectivity index (χ3n) is 5.23. The lowest BCUT2D eigenvalue weighted by molar-refractivity contribution is 0.0585. The molecule has 0 bridgehead atoms. The number of carbonyl (C=O) groups excluding carboxylic acids is 1. The topological polar surface area (TPSA) is 110 Å². The number of nitrogens with zero attached hydrogens (tertiary/aromatic N) is 2. The summed E-state index contributed by atoms with van der Waals surface area (Å²) in [5, 5.41) is 0.518. The monoisotopic (exact) mass is 524 g/mol. The summed E-state index contributed by atoms with van der Waals surface area (Å²) in [6, 6.07) is 9.79. The third kappa shape index (κ3) is 4.11. The fraction of sp³-hybridized carbons (Fsp3) is 0.136. The van der Waals surface area contributed by atoms with Gasteiger partial charge >= 0.3 is 0 Å². The number of sulfonamides is 2. The van der Waals surface area contributed by atoms with Crippen LogP contribution in [0.2, 0.25) is 0 Å². The number of ether oxygens (including phenoxy) is 2. The van der Waals surface area contributed by atoms with Gasteiger partial charge in [0.2, 0.25) is 0 Å². The average molecular weight is 525 g/mol. The van der Waals surface area contributed by atoms with Crippen molar-refractivity contribution in [3.8, 4) is 11.5 Å². The molecule has 0 unspecified atom stereocenters. The quantitative estimate of drug-likeness (QED) is 0.467. The lowest BCUT2D eigenvalue weighted by Gasteiger charge is -2.29. The maximum atomic E-state index is 13.6. The molecule has 0 N–H and O–H groups in total. The van der Waals surface area contributed by atoms with Crippen molar-refractivity contribution in [1.29, 1.82) is 0 Å². The first-order chi connectivity index (χ1) is 16.5. The summed E-state index contributed by atoms with van der Waals surface area (Å²) in [4.78, 5) is 12.3. The molecule has 1 aliphatic heterocycles. The largest absolute Gasteiger partial charge is 0.493 e. The number of benzene rings is 3. The maximum Gasteiger partial charge on any atom is 0.274 e. The van der Waals surface area contributed by atoms with Crippen molar-refractivity contribution in [3.05, 3.63) is 83.4 Å². The average Bonchev–Trinajstić information content (AvgIpc) is 3.14. The van der Waals surface area contributed by atoms with E-state index in [1.165, 1.54) is 26.4 Å². The summed E-state index contributed by atoms with van der Waals surface area (Å²) in [6.07, 6.45) is 0. The summed E-state index contributed by atoms with van der Waals surface area (Å²) < 4.78 is 91.7. The van der Waals surface area contributed by atoms with Crippen molar-refractivity contribution in [3.63, 3.8) is 0 Å². The number of hydrogen-bond donors (Lipinski definition) is 0. The fourth-order valence-electron chi connectivity index (χ4n) is 3.61. The molecule has 0 saturated carbocycles. The molecule has 13 heteroatoms. The van der Waals surface area contributed by atoms with Crippen molar-refractivity contribution in [2.24, 2.45) is 0 Å². The van der Waals surface area contributed by atoms with Gasteiger partial charge in [0.15, 0.2) is 11.5 Å². The zero-order chi connectivity index (χ0) is 25.5. The number of methoxy groups -OCH3 is 2. The third-order valence-corrected chi connectivity index (χ3v) is 9.36. The van der Waals surface area contributed by atoms with Crippen LogP contribution >= 0.6 is 0 Å². The Morgan fingerprint density at radius 2 is 1.26 bits per heavy atom. The number of halogens is 2. The Morgan fingerprint density at radius 3 is 1.69 bits per heavy atom. The Balaban J connectivity index is 1.93. The van der Waals surface area contributed by atoms with Gasteiger partial charge in [-0.25, -0.2) is 30.6 Å². The molecule has 0 fully saturated rings. The van der Waals surface area contributed by atoms with Gasteiger partial charge in [0.25, 0.3) is 26.0 Å². The van der Waals surface area contributed by atoms with Crippen molar-refractivity contribution in [2.75, 3.05) is 14.2 Å². The summed E-state index contributed by atoms with van der Waals surface area (Å²) in [6.45, 7) is -0.449. The second-order valence-electron chi connectivity index (χ2n) is 7.29. The van der Waals surface area contributed by atoms with E-state index in [2.05, 4.69) is 0 Å². The minimum Gasteiger partial charge on any atom is -0.493 e. The minimum atomic E-state index is -4.99. The van der Waals surface area contributed by atoms with Gasteiger partial charge in [0, 0.05) is 3.82 Å².